The van der Waals surface area contributed by atoms with E-state index in [4.69, 9.17) is 15.2 Å². The molecule has 0 saturated carbocycles. The first-order valence-corrected chi connectivity index (χ1v) is 9.91. The standard InChI is InChI=1S/C22H26N4O3/c1-28-18-8-6-17(7-9-18)21(27)16-26-20-5-3-2-4-19(20)25(22(26)23)11-10-24-12-14-29-15-13-24/h2-9,23H,10-16H2,1H3/p+1. The van der Waals surface area contributed by atoms with Gasteiger partial charge in [0, 0.05) is 25.2 Å². The molecule has 0 bridgehead atoms. The van der Waals surface area contributed by atoms with E-state index in [0.29, 0.717) is 11.5 Å². The van der Waals surface area contributed by atoms with Crippen LogP contribution in [-0.4, -0.2) is 55.2 Å². The highest BCUT2D eigenvalue weighted by Crippen LogP contribution is 2.17. The monoisotopic (exact) mass is 395 g/mol. The molecule has 1 aliphatic rings. The van der Waals surface area contributed by atoms with Gasteiger partial charge in [0.05, 0.1) is 26.9 Å². The number of nitrogens with two attached hydrogens (primary N) is 1. The van der Waals surface area contributed by atoms with Crippen molar-refractivity contribution in [2.45, 2.75) is 13.1 Å². The molecule has 0 radical (unpaired) electrons. The Labute approximate surface area is 170 Å². The summed E-state index contributed by atoms with van der Waals surface area (Å²) in [6.07, 6.45) is 0. The molecule has 0 aliphatic carbocycles. The van der Waals surface area contributed by atoms with Gasteiger partial charge >= 0.3 is 5.95 Å². The Bertz CT molecular complexity index is 991. The van der Waals surface area contributed by atoms with E-state index in [1.54, 1.807) is 31.4 Å². The zero-order chi connectivity index (χ0) is 20.2. The molecule has 152 valence electrons. The van der Waals surface area contributed by atoms with E-state index in [9.17, 15) is 4.79 Å². The summed E-state index contributed by atoms with van der Waals surface area (Å²) in [5, 5.41) is 0. The molecule has 2 N–H and O–H groups in total. The molecule has 7 nitrogen and oxygen atoms in total. The Hall–Kier alpha value is -2.90. The second-order valence-electron chi connectivity index (χ2n) is 7.19. The summed E-state index contributed by atoms with van der Waals surface area (Å²) in [6, 6.07) is 15.2. The molecule has 29 heavy (non-hydrogen) atoms. The van der Waals surface area contributed by atoms with Gasteiger partial charge in [0.1, 0.15) is 23.3 Å². The number of nitrogen functional groups attached to an aromatic ring is 1. The number of imidazole rings is 1. The average Bonchev–Trinajstić information content (AvgIpc) is 3.04. The molecule has 4 rings (SSSR count). The minimum atomic E-state index is 0.0143. The van der Waals surface area contributed by atoms with Crippen LogP contribution in [0.1, 0.15) is 10.4 Å². The molecule has 2 heterocycles. The quantitative estimate of drug-likeness (QED) is 0.487. The van der Waals surface area contributed by atoms with Crippen molar-refractivity contribution in [3.05, 3.63) is 54.1 Å². The maximum Gasteiger partial charge on any atom is 0.356 e. The van der Waals surface area contributed by atoms with Gasteiger partial charge in [0.15, 0.2) is 5.78 Å². The number of ether oxygens (including phenoxy) is 2. The van der Waals surface area contributed by atoms with E-state index in [1.807, 2.05) is 22.8 Å². The number of aromatic nitrogens is 2. The van der Waals surface area contributed by atoms with Crippen molar-refractivity contribution in [2.75, 3.05) is 45.7 Å². The number of rotatable bonds is 7. The van der Waals surface area contributed by atoms with Crippen molar-refractivity contribution in [1.82, 2.24) is 9.47 Å². The number of hydrogen-bond acceptors (Lipinski definition) is 5. The number of ketones is 1. The Morgan fingerprint density at radius 1 is 1.10 bits per heavy atom. The fourth-order valence-electron chi connectivity index (χ4n) is 3.79. The number of methoxy groups -OCH3 is 1. The van der Waals surface area contributed by atoms with Crippen LogP contribution in [0.2, 0.25) is 0 Å². The van der Waals surface area contributed by atoms with Crippen LogP contribution in [0.3, 0.4) is 0 Å². The highest BCUT2D eigenvalue weighted by atomic mass is 16.5. The number of fused-ring (bicyclic) bond motifs is 1. The predicted octanol–water partition coefficient (Wildman–Crippen LogP) is 1.73. The number of para-hydroxylation sites is 2. The van der Waals surface area contributed by atoms with Crippen LogP contribution >= 0.6 is 0 Å². The summed E-state index contributed by atoms with van der Waals surface area (Å²) in [5.41, 5.74) is 9.16. The summed E-state index contributed by atoms with van der Waals surface area (Å²) in [5.74, 6) is 1.34. The molecule has 7 heteroatoms. The number of anilines is 1. The van der Waals surface area contributed by atoms with E-state index >= 15 is 0 Å². The zero-order valence-electron chi connectivity index (χ0n) is 16.7. The highest BCUT2D eigenvalue weighted by molar-refractivity contribution is 5.95. The normalized spacial score (nSPS) is 14.9. The molecule has 1 aliphatic heterocycles. The third-order valence-electron chi connectivity index (χ3n) is 5.47. The van der Waals surface area contributed by atoms with Crippen LogP contribution in [0.4, 0.5) is 5.95 Å². The fraction of sp³-hybridized carbons (Fsp3) is 0.364. The molecular weight excluding hydrogens is 368 g/mol. The zero-order valence-corrected chi connectivity index (χ0v) is 16.7. The fourth-order valence-corrected chi connectivity index (χ4v) is 3.79. The maximum atomic E-state index is 12.9. The van der Waals surface area contributed by atoms with Crippen LogP contribution < -0.4 is 15.0 Å². The SMILES string of the molecule is COc1ccc(C(=O)C[n+]2c(N)n(CCN3CCOCC3)c3ccccc32)cc1. The molecule has 0 atom stereocenters. The molecule has 1 saturated heterocycles. The van der Waals surface area contributed by atoms with Crippen molar-refractivity contribution in [3.8, 4) is 5.75 Å². The first-order valence-electron chi connectivity index (χ1n) is 9.91. The van der Waals surface area contributed by atoms with E-state index < -0.39 is 0 Å². The van der Waals surface area contributed by atoms with E-state index in [-0.39, 0.29) is 12.3 Å². The number of Topliss-reactive ketones (excluding diaryl/α,β-unsaturated/α-hetero) is 1. The van der Waals surface area contributed by atoms with Gasteiger partial charge in [-0.2, -0.15) is 0 Å². The average molecular weight is 395 g/mol. The van der Waals surface area contributed by atoms with Gasteiger partial charge in [0.2, 0.25) is 0 Å². The van der Waals surface area contributed by atoms with Crippen LogP contribution in [0.15, 0.2) is 48.5 Å². The molecular formula is C22H27N4O3+. The minimum Gasteiger partial charge on any atom is -0.497 e. The Kier molecular flexibility index (Phi) is 5.78. The lowest BCUT2D eigenvalue weighted by Crippen LogP contribution is -2.41. The first kappa shape index (κ1) is 19.4. The van der Waals surface area contributed by atoms with Gasteiger partial charge in [0.25, 0.3) is 0 Å². The lowest BCUT2D eigenvalue weighted by atomic mass is 10.1. The topological polar surface area (TPSA) is 73.6 Å². The van der Waals surface area contributed by atoms with Crippen LogP contribution in [-0.2, 0) is 17.8 Å². The van der Waals surface area contributed by atoms with E-state index in [2.05, 4.69) is 15.5 Å². The third kappa shape index (κ3) is 4.11. The summed E-state index contributed by atoms with van der Waals surface area (Å²) in [4.78, 5) is 15.3. The first-order chi connectivity index (χ1) is 14.2. The maximum absolute atomic E-state index is 12.9. The van der Waals surface area contributed by atoms with Gasteiger partial charge < -0.3 is 9.47 Å². The molecule has 1 aromatic heterocycles. The van der Waals surface area contributed by atoms with Gasteiger partial charge in [-0.15, -0.1) is 0 Å². The number of morpholine rings is 1. The van der Waals surface area contributed by atoms with Crippen molar-refractivity contribution in [2.24, 2.45) is 0 Å². The molecule has 0 spiro atoms. The predicted molar refractivity (Wildman–Crippen MR) is 111 cm³/mol. The lowest BCUT2D eigenvalue weighted by Gasteiger charge is -2.25. The van der Waals surface area contributed by atoms with Crippen LogP contribution in [0.25, 0.3) is 11.0 Å². The summed E-state index contributed by atoms with van der Waals surface area (Å²) < 4.78 is 14.6. The van der Waals surface area contributed by atoms with Gasteiger partial charge in [-0.25, -0.2) is 9.13 Å². The largest absolute Gasteiger partial charge is 0.497 e. The summed E-state index contributed by atoms with van der Waals surface area (Å²) in [6.45, 7) is 5.30. The number of carbonyl (C=O) groups is 1. The molecule has 1 fully saturated rings. The van der Waals surface area contributed by atoms with E-state index in [1.165, 1.54) is 0 Å². The van der Waals surface area contributed by atoms with Gasteiger partial charge in [-0.05, 0) is 36.4 Å². The highest BCUT2D eigenvalue weighted by Gasteiger charge is 2.23. The molecule has 2 aromatic carbocycles. The minimum absolute atomic E-state index is 0.0143. The Morgan fingerprint density at radius 3 is 2.55 bits per heavy atom. The van der Waals surface area contributed by atoms with Crippen LogP contribution in [0, 0.1) is 0 Å². The summed E-state index contributed by atoms with van der Waals surface area (Å²) in [7, 11) is 1.61. The Balaban J connectivity index is 1.58. The molecule has 0 unspecified atom stereocenters. The van der Waals surface area contributed by atoms with E-state index in [0.717, 1.165) is 56.2 Å². The van der Waals surface area contributed by atoms with Crippen LogP contribution in [0.5, 0.6) is 5.75 Å². The third-order valence-corrected chi connectivity index (χ3v) is 5.47. The van der Waals surface area contributed by atoms with Gasteiger partial charge in [-0.1, -0.05) is 12.1 Å². The number of nitrogens with zero attached hydrogens (tertiary/aromatic N) is 3. The number of hydrogen-bond donors (Lipinski definition) is 1. The lowest BCUT2D eigenvalue weighted by molar-refractivity contribution is -0.642. The smallest absolute Gasteiger partial charge is 0.356 e. The van der Waals surface area contributed by atoms with Crippen molar-refractivity contribution in [3.63, 3.8) is 0 Å². The van der Waals surface area contributed by atoms with Crippen molar-refractivity contribution >= 4 is 22.8 Å². The Morgan fingerprint density at radius 2 is 1.83 bits per heavy atom. The van der Waals surface area contributed by atoms with Crippen molar-refractivity contribution in [1.29, 1.82) is 0 Å². The number of benzene rings is 2. The molecule has 0 amide bonds. The summed E-state index contributed by atoms with van der Waals surface area (Å²) >= 11 is 0. The second kappa shape index (κ2) is 8.63. The van der Waals surface area contributed by atoms with Crippen molar-refractivity contribution < 1.29 is 18.8 Å². The van der Waals surface area contributed by atoms with Gasteiger partial charge in [-0.3, -0.25) is 15.4 Å². The molecule has 3 aromatic rings. The second-order valence-corrected chi connectivity index (χ2v) is 7.19. The number of carbonyl (C=O) groups excluding carboxylic acids is 1.